The van der Waals surface area contributed by atoms with Crippen LogP contribution in [0.5, 0.6) is 17.2 Å². The Hall–Kier alpha value is -3.14. The van der Waals surface area contributed by atoms with Crippen LogP contribution in [0, 0.1) is 0 Å². The predicted molar refractivity (Wildman–Crippen MR) is 109 cm³/mol. The van der Waals surface area contributed by atoms with Crippen LogP contribution >= 0.6 is 0 Å². The van der Waals surface area contributed by atoms with Crippen molar-refractivity contribution in [1.29, 1.82) is 0 Å². The van der Waals surface area contributed by atoms with Crippen LogP contribution in [0.25, 0.3) is 0 Å². The number of nitrogens with one attached hydrogen (secondary N) is 1. The molecule has 4 nitrogen and oxygen atoms in total. The zero-order chi connectivity index (χ0) is 18.7. The molecule has 0 amide bonds. The average Bonchev–Trinajstić information content (AvgIpc) is 2.72. The standard InChI is InChI=1S/C23H25NO3/c1-2-25-22-13-8-10-20(17-22)24-18-19-9-6-7-14-23(19)27-16-15-26-21-11-4-3-5-12-21/h3-14,17,24H,2,15-16,18H2,1H3. The maximum Gasteiger partial charge on any atom is 0.124 e. The van der Waals surface area contributed by atoms with Crippen molar-refractivity contribution in [3.63, 3.8) is 0 Å². The second-order valence-electron chi connectivity index (χ2n) is 5.93. The normalized spacial score (nSPS) is 10.3. The second kappa shape index (κ2) is 10.1. The first-order valence-electron chi connectivity index (χ1n) is 9.20. The molecule has 3 aromatic carbocycles. The maximum absolute atomic E-state index is 5.92. The highest BCUT2D eigenvalue weighted by molar-refractivity contribution is 5.49. The third-order valence-corrected chi connectivity index (χ3v) is 3.95. The fraction of sp³-hybridized carbons (Fsp3) is 0.217. The Morgan fingerprint density at radius 3 is 2.30 bits per heavy atom. The van der Waals surface area contributed by atoms with Crippen molar-refractivity contribution in [2.45, 2.75) is 13.5 Å². The largest absolute Gasteiger partial charge is 0.494 e. The van der Waals surface area contributed by atoms with Crippen molar-refractivity contribution < 1.29 is 14.2 Å². The van der Waals surface area contributed by atoms with E-state index in [0.29, 0.717) is 26.4 Å². The van der Waals surface area contributed by atoms with Gasteiger partial charge in [-0.25, -0.2) is 0 Å². The first-order valence-corrected chi connectivity index (χ1v) is 9.20. The fourth-order valence-corrected chi connectivity index (χ4v) is 2.68. The molecule has 140 valence electrons. The number of ether oxygens (including phenoxy) is 3. The highest BCUT2D eigenvalue weighted by atomic mass is 16.5. The van der Waals surface area contributed by atoms with E-state index in [1.807, 2.05) is 79.7 Å². The maximum atomic E-state index is 5.92. The van der Waals surface area contributed by atoms with Crippen LogP contribution in [0.15, 0.2) is 78.9 Å². The van der Waals surface area contributed by atoms with Gasteiger partial charge in [0, 0.05) is 23.9 Å². The molecule has 0 radical (unpaired) electrons. The fourth-order valence-electron chi connectivity index (χ4n) is 2.68. The Kier molecular flexibility index (Phi) is 6.99. The van der Waals surface area contributed by atoms with Gasteiger partial charge in [-0.05, 0) is 37.3 Å². The summed E-state index contributed by atoms with van der Waals surface area (Å²) in [5.41, 5.74) is 2.11. The molecule has 0 spiro atoms. The third-order valence-electron chi connectivity index (χ3n) is 3.95. The Morgan fingerprint density at radius 2 is 1.44 bits per heavy atom. The summed E-state index contributed by atoms with van der Waals surface area (Å²) >= 11 is 0. The van der Waals surface area contributed by atoms with Gasteiger partial charge in [-0.3, -0.25) is 0 Å². The number of benzene rings is 3. The molecular formula is C23H25NO3. The Balaban J connectivity index is 1.52. The summed E-state index contributed by atoms with van der Waals surface area (Å²) < 4.78 is 17.1. The quantitative estimate of drug-likeness (QED) is 0.505. The van der Waals surface area contributed by atoms with E-state index in [1.165, 1.54) is 0 Å². The first kappa shape index (κ1) is 18.6. The van der Waals surface area contributed by atoms with Crippen LogP contribution in [0.2, 0.25) is 0 Å². The van der Waals surface area contributed by atoms with Gasteiger partial charge in [0.05, 0.1) is 6.61 Å². The number of anilines is 1. The lowest BCUT2D eigenvalue weighted by atomic mass is 10.2. The summed E-state index contributed by atoms with van der Waals surface area (Å²) in [4.78, 5) is 0. The molecule has 0 aliphatic rings. The van der Waals surface area contributed by atoms with Crippen LogP contribution < -0.4 is 19.5 Å². The zero-order valence-electron chi connectivity index (χ0n) is 15.6. The number of hydrogen-bond acceptors (Lipinski definition) is 4. The summed E-state index contributed by atoms with van der Waals surface area (Å²) in [6.45, 7) is 4.31. The lowest BCUT2D eigenvalue weighted by Crippen LogP contribution is -2.11. The van der Waals surface area contributed by atoms with Crippen LogP contribution in [0.1, 0.15) is 12.5 Å². The van der Waals surface area contributed by atoms with E-state index in [2.05, 4.69) is 11.4 Å². The topological polar surface area (TPSA) is 39.7 Å². The van der Waals surface area contributed by atoms with Crippen LogP contribution in [-0.2, 0) is 6.54 Å². The molecule has 0 aromatic heterocycles. The Labute approximate surface area is 160 Å². The monoisotopic (exact) mass is 363 g/mol. The predicted octanol–water partition coefficient (Wildman–Crippen LogP) is 5.16. The van der Waals surface area contributed by atoms with Gasteiger partial charge in [0.1, 0.15) is 30.5 Å². The van der Waals surface area contributed by atoms with E-state index in [0.717, 1.165) is 28.5 Å². The van der Waals surface area contributed by atoms with E-state index < -0.39 is 0 Å². The molecule has 0 aliphatic carbocycles. The van der Waals surface area contributed by atoms with Crippen LogP contribution in [-0.4, -0.2) is 19.8 Å². The lowest BCUT2D eigenvalue weighted by molar-refractivity contribution is 0.216. The summed E-state index contributed by atoms with van der Waals surface area (Å²) in [7, 11) is 0. The van der Waals surface area contributed by atoms with Gasteiger partial charge in [0.25, 0.3) is 0 Å². The van der Waals surface area contributed by atoms with Crippen molar-refractivity contribution in [2.75, 3.05) is 25.1 Å². The molecule has 3 rings (SSSR count). The SMILES string of the molecule is CCOc1cccc(NCc2ccccc2OCCOc2ccccc2)c1. The van der Waals surface area contributed by atoms with Crippen molar-refractivity contribution in [2.24, 2.45) is 0 Å². The average molecular weight is 363 g/mol. The van der Waals surface area contributed by atoms with Gasteiger partial charge in [-0.2, -0.15) is 0 Å². The molecule has 0 saturated carbocycles. The van der Waals surface area contributed by atoms with Crippen molar-refractivity contribution in [3.8, 4) is 17.2 Å². The van der Waals surface area contributed by atoms with Gasteiger partial charge in [0.15, 0.2) is 0 Å². The number of para-hydroxylation sites is 2. The van der Waals surface area contributed by atoms with E-state index in [4.69, 9.17) is 14.2 Å². The van der Waals surface area contributed by atoms with Gasteiger partial charge in [-0.1, -0.05) is 42.5 Å². The van der Waals surface area contributed by atoms with Gasteiger partial charge in [-0.15, -0.1) is 0 Å². The van der Waals surface area contributed by atoms with Gasteiger partial charge < -0.3 is 19.5 Å². The summed E-state index contributed by atoms with van der Waals surface area (Å²) in [5, 5.41) is 3.43. The molecule has 0 unspecified atom stereocenters. The smallest absolute Gasteiger partial charge is 0.124 e. The van der Waals surface area contributed by atoms with Crippen LogP contribution in [0.3, 0.4) is 0 Å². The highest BCUT2D eigenvalue weighted by Gasteiger charge is 2.04. The summed E-state index contributed by atoms with van der Waals surface area (Å²) in [6, 6.07) is 25.8. The van der Waals surface area contributed by atoms with Crippen molar-refractivity contribution >= 4 is 5.69 Å². The third kappa shape index (κ3) is 5.96. The minimum absolute atomic E-state index is 0.492. The molecule has 0 fully saturated rings. The first-order chi connectivity index (χ1) is 13.3. The number of hydrogen-bond donors (Lipinski definition) is 1. The van der Waals surface area contributed by atoms with Gasteiger partial charge in [0.2, 0.25) is 0 Å². The minimum Gasteiger partial charge on any atom is -0.494 e. The Morgan fingerprint density at radius 1 is 0.704 bits per heavy atom. The van der Waals surface area contributed by atoms with Crippen molar-refractivity contribution in [1.82, 2.24) is 0 Å². The molecule has 0 saturated heterocycles. The Bertz CT molecular complexity index is 821. The molecule has 27 heavy (non-hydrogen) atoms. The second-order valence-corrected chi connectivity index (χ2v) is 5.93. The van der Waals surface area contributed by atoms with E-state index in [-0.39, 0.29) is 0 Å². The molecule has 0 atom stereocenters. The molecule has 4 heteroatoms. The summed E-state index contributed by atoms with van der Waals surface area (Å²) in [6.07, 6.45) is 0. The zero-order valence-corrected chi connectivity index (χ0v) is 15.6. The molecule has 0 aliphatic heterocycles. The van der Waals surface area contributed by atoms with Crippen LogP contribution in [0.4, 0.5) is 5.69 Å². The van der Waals surface area contributed by atoms with E-state index >= 15 is 0 Å². The summed E-state index contributed by atoms with van der Waals surface area (Å²) in [5.74, 6) is 2.58. The molecule has 3 aromatic rings. The van der Waals surface area contributed by atoms with Gasteiger partial charge >= 0.3 is 0 Å². The van der Waals surface area contributed by atoms with E-state index in [1.54, 1.807) is 0 Å². The van der Waals surface area contributed by atoms with Crippen molar-refractivity contribution in [3.05, 3.63) is 84.4 Å². The lowest BCUT2D eigenvalue weighted by Gasteiger charge is -2.14. The minimum atomic E-state index is 0.492. The highest BCUT2D eigenvalue weighted by Crippen LogP contribution is 2.22. The molecule has 0 heterocycles. The molecule has 1 N–H and O–H groups in total. The number of rotatable bonds is 10. The van der Waals surface area contributed by atoms with E-state index in [9.17, 15) is 0 Å². The molecule has 0 bridgehead atoms. The molecular weight excluding hydrogens is 338 g/mol.